The number of amides is 2. The second-order valence-corrected chi connectivity index (χ2v) is 11.9. The molecule has 0 saturated carbocycles. The molecule has 1 aliphatic carbocycles. The number of thiophene rings is 1. The lowest BCUT2D eigenvalue weighted by molar-refractivity contribution is -0.115. The molecule has 0 bridgehead atoms. The summed E-state index contributed by atoms with van der Waals surface area (Å²) in [6, 6.07) is 15.0. The van der Waals surface area contributed by atoms with Crippen LogP contribution in [0.5, 0.6) is 0 Å². The Balaban J connectivity index is 1.48. The fourth-order valence-electron chi connectivity index (χ4n) is 4.64. The predicted octanol–water partition coefficient (Wildman–Crippen LogP) is 7.26. The quantitative estimate of drug-likeness (QED) is 0.228. The number of methoxy groups -OCH3 is 1. The van der Waals surface area contributed by atoms with E-state index in [4.69, 9.17) is 4.74 Å². The van der Waals surface area contributed by atoms with E-state index in [1.807, 2.05) is 56.3 Å². The number of benzene rings is 2. The van der Waals surface area contributed by atoms with E-state index < -0.39 is 5.97 Å². The summed E-state index contributed by atoms with van der Waals surface area (Å²) in [7, 11) is 1.39. The highest BCUT2D eigenvalue weighted by atomic mass is 32.2. The molecule has 0 aliphatic heterocycles. The Morgan fingerprint density at radius 1 is 1.00 bits per heavy atom. The first-order valence-electron chi connectivity index (χ1n) is 13.1. The smallest absolute Gasteiger partial charge is 0.341 e. The summed E-state index contributed by atoms with van der Waals surface area (Å²) < 4.78 is 5.10. The fraction of sp³-hybridized carbons (Fsp3) is 0.367. The van der Waals surface area contributed by atoms with Gasteiger partial charge in [0, 0.05) is 21.0 Å². The van der Waals surface area contributed by atoms with Crippen LogP contribution < -0.4 is 10.6 Å². The van der Waals surface area contributed by atoms with Gasteiger partial charge in [0.25, 0.3) is 5.91 Å². The average molecular weight is 551 g/mol. The predicted molar refractivity (Wildman–Crippen MR) is 156 cm³/mol. The van der Waals surface area contributed by atoms with Crippen molar-refractivity contribution in [1.29, 1.82) is 0 Å². The highest BCUT2D eigenvalue weighted by Crippen LogP contribution is 2.38. The second kappa shape index (κ2) is 13.1. The Bertz CT molecular complexity index is 1320. The molecule has 2 aromatic carbocycles. The van der Waals surface area contributed by atoms with Crippen LogP contribution in [0.15, 0.2) is 53.4 Å². The number of esters is 1. The van der Waals surface area contributed by atoms with Gasteiger partial charge in [-0.1, -0.05) is 43.5 Å². The van der Waals surface area contributed by atoms with Gasteiger partial charge >= 0.3 is 5.97 Å². The summed E-state index contributed by atoms with van der Waals surface area (Å²) in [6.07, 6.45) is 6.82. The van der Waals surface area contributed by atoms with E-state index in [1.54, 1.807) is 6.07 Å². The number of aryl methyl sites for hydroxylation is 2. The van der Waals surface area contributed by atoms with E-state index in [1.165, 1.54) is 41.5 Å². The van der Waals surface area contributed by atoms with Crippen LogP contribution in [-0.4, -0.2) is 30.1 Å². The Kier molecular flexibility index (Phi) is 9.63. The maximum atomic E-state index is 13.4. The van der Waals surface area contributed by atoms with Gasteiger partial charge in [-0.05, 0) is 74.9 Å². The molecule has 1 aromatic heterocycles. The molecule has 200 valence electrons. The Hall–Kier alpha value is -3.10. The number of carbonyl (C=O) groups excluding carboxylic acids is 3. The van der Waals surface area contributed by atoms with Gasteiger partial charge in [0.1, 0.15) is 5.00 Å². The largest absolute Gasteiger partial charge is 0.465 e. The van der Waals surface area contributed by atoms with Crippen molar-refractivity contribution < 1.29 is 19.1 Å². The molecular weight excluding hydrogens is 516 g/mol. The Labute approximate surface area is 232 Å². The van der Waals surface area contributed by atoms with Crippen LogP contribution in [0.2, 0.25) is 0 Å². The topological polar surface area (TPSA) is 84.5 Å². The molecule has 3 aromatic rings. The van der Waals surface area contributed by atoms with Crippen molar-refractivity contribution in [3.05, 3.63) is 75.7 Å². The Morgan fingerprint density at radius 2 is 1.76 bits per heavy atom. The summed E-state index contributed by atoms with van der Waals surface area (Å²) in [5.41, 5.74) is 3.84. The molecule has 0 saturated heterocycles. The number of carbonyl (C=O) groups is 3. The zero-order valence-electron chi connectivity index (χ0n) is 22.1. The second-order valence-electron chi connectivity index (χ2n) is 9.47. The highest BCUT2D eigenvalue weighted by molar-refractivity contribution is 8.00. The van der Waals surface area contributed by atoms with Crippen molar-refractivity contribution >= 4 is 51.6 Å². The minimum atomic E-state index is -0.392. The lowest BCUT2D eigenvalue weighted by atomic mass is 9.96. The first-order valence-corrected chi connectivity index (χ1v) is 14.8. The van der Waals surface area contributed by atoms with Crippen molar-refractivity contribution in [2.75, 3.05) is 17.7 Å². The van der Waals surface area contributed by atoms with E-state index >= 15 is 0 Å². The zero-order chi connectivity index (χ0) is 27.1. The number of rotatable bonds is 8. The monoisotopic (exact) mass is 550 g/mol. The van der Waals surface area contributed by atoms with Gasteiger partial charge in [-0.2, -0.15) is 0 Å². The third-order valence-electron chi connectivity index (χ3n) is 6.61. The van der Waals surface area contributed by atoms with Crippen LogP contribution in [0.1, 0.15) is 75.7 Å². The summed E-state index contributed by atoms with van der Waals surface area (Å²) >= 11 is 2.95. The summed E-state index contributed by atoms with van der Waals surface area (Å²) in [5.74, 6) is -0.716. The van der Waals surface area contributed by atoms with Gasteiger partial charge in [0.2, 0.25) is 5.91 Å². The van der Waals surface area contributed by atoms with Crippen molar-refractivity contribution in [1.82, 2.24) is 0 Å². The van der Waals surface area contributed by atoms with Crippen LogP contribution >= 0.6 is 23.1 Å². The summed E-state index contributed by atoms with van der Waals surface area (Å²) in [4.78, 5) is 40.9. The van der Waals surface area contributed by atoms with Crippen LogP contribution in [-0.2, 0) is 22.4 Å². The zero-order valence-corrected chi connectivity index (χ0v) is 23.7. The third kappa shape index (κ3) is 6.85. The lowest BCUT2D eigenvalue weighted by Gasteiger charge is -2.16. The van der Waals surface area contributed by atoms with Crippen LogP contribution in [0.4, 0.5) is 10.7 Å². The molecule has 1 heterocycles. The average Bonchev–Trinajstić information content (AvgIpc) is 3.22. The molecular formula is C30H34N2O4S2. The van der Waals surface area contributed by atoms with Crippen molar-refractivity contribution in [2.24, 2.45) is 0 Å². The van der Waals surface area contributed by atoms with E-state index in [9.17, 15) is 14.4 Å². The van der Waals surface area contributed by atoms with E-state index in [2.05, 4.69) is 10.6 Å². The van der Waals surface area contributed by atoms with Gasteiger partial charge in [-0.15, -0.1) is 23.1 Å². The normalized spacial score (nSPS) is 14.0. The van der Waals surface area contributed by atoms with E-state index in [-0.39, 0.29) is 17.1 Å². The minimum absolute atomic E-state index is 0.147. The van der Waals surface area contributed by atoms with Crippen molar-refractivity contribution in [3.63, 3.8) is 0 Å². The van der Waals surface area contributed by atoms with Crippen LogP contribution in [0.25, 0.3) is 0 Å². The Morgan fingerprint density at radius 3 is 2.50 bits per heavy atom. The summed E-state index contributed by atoms with van der Waals surface area (Å²) in [6.45, 7) is 3.92. The number of fused-ring (bicyclic) bond motifs is 1. The number of ether oxygens (including phenoxy) is 1. The van der Waals surface area contributed by atoms with Crippen LogP contribution in [0, 0.1) is 6.92 Å². The molecule has 0 fully saturated rings. The lowest BCUT2D eigenvalue weighted by Crippen LogP contribution is -2.25. The molecule has 2 N–H and O–H groups in total. The van der Waals surface area contributed by atoms with Gasteiger partial charge < -0.3 is 15.4 Å². The molecule has 8 heteroatoms. The molecule has 6 nitrogen and oxygen atoms in total. The first-order chi connectivity index (χ1) is 18.4. The highest BCUT2D eigenvalue weighted by Gasteiger charge is 2.28. The maximum absolute atomic E-state index is 13.4. The summed E-state index contributed by atoms with van der Waals surface area (Å²) in [5, 5.41) is 6.23. The number of hydrogen-bond acceptors (Lipinski definition) is 6. The fourth-order valence-corrected chi connectivity index (χ4v) is 6.93. The maximum Gasteiger partial charge on any atom is 0.341 e. The van der Waals surface area contributed by atoms with Crippen LogP contribution in [0.3, 0.4) is 0 Å². The molecule has 1 atom stereocenters. The standard InChI is InChI=1S/C30H34N2O4S2/c1-4-24(37-22-14-10-13-21(18-22)31-27(33)20-12-9-11-19(2)17-20)28(34)32-29-26(30(35)36-3)23-15-7-5-6-8-16-25(23)38-29/h9-14,17-18,24H,4-8,15-16H2,1-3H3,(H,31,33)(H,32,34). The number of anilines is 2. The van der Waals surface area contributed by atoms with Crippen molar-refractivity contribution in [2.45, 2.75) is 68.9 Å². The van der Waals surface area contributed by atoms with Gasteiger partial charge in [-0.3, -0.25) is 9.59 Å². The number of nitrogens with one attached hydrogen (secondary N) is 2. The molecule has 38 heavy (non-hydrogen) atoms. The van der Waals surface area contributed by atoms with E-state index in [0.717, 1.165) is 48.1 Å². The van der Waals surface area contributed by atoms with Gasteiger partial charge in [-0.25, -0.2) is 4.79 Å². The molecule has 2 amide bonds. The molecule has 0 spiro atoms. The van der Waals surface area contributed by atoms with E-state index in [0.29, 0.717) is 28.2 Å². The SMILES string of the molecule is CCC(Sc1cccc(NC(=O)c2cccc(C)c2)c1)C(=O)Nc1sc2c(c1C(=O)OC)CCCCCC2. The molecule has 0 radical (unpaired) electrons. The van der Waals surface area contributed by atoms with Gasteiger partial charge in [0.05, 0.1) is 17.9 Å². The molecule has 1 unspecified atom stereocenters. The molecule has 1 aliphatic rings. The minimum Gasteiger partial charge on any atom is -0.465 e. The first kappa shape index (κ1) is 27.9. The number of thioether (sulfide) groups is 1. The van der Waals surface area contributed by atoms with Crippen molar-refractivity contribution in [3.8, 4) is 0 Å². The number of hydrogen-bond donors (Lipinski definition) is 2. The third-order valence-corrected chi connectivity index (χ3v) is 9.18. The molecule has 4 rings (SSSR count). The van der Waals surface area contributed by atoms with Gasteiger partial charge in [0.15, 0.2) is 0 Å².